The number of pyridine rings is 1. The molecule has 1 amide bonds. The lowest BCUT2D eigenvalue weighted by atomic mass is 10.1. The van der Waals surface area contributed by atoms with Crippen LogP contribution in [0.1, 0.15) is 65.3 Å². The molecule has 0 unspecified atom stereocenters. The second kappa shape index (κ2) is 8.65. The predicted molar refractivity (Wildman–Crippen MR) is 123 cm³/mol. The molecule has 2 fully saturated rings. The standard InChI is InChI=1S/C24H25N5O4/c30-20-18-13-25-24(26-16-9-7-15(8-10-16)22(31)28-11-3-4-12-28)27-21(18)29(14-19(20)23(32)33)17-5-1-2-6-17/h7-10,13-14,17H,1-6,11-12H2,(H,32,33)(H,25,26,27). The summed E-state index contributed by atoms with van der Waals surface area (Å²) in [6.07, 6.45) is 8.83. The number of carboxylic acid groups (broad SMARTS) is 1. The van der Waals surface area contributed by atoms with Gasteiger partial charge in [-0.2, -0.15) is 4.98 Å². The first-order valence-corrected chi connectivity index (χ1v) is 11.3. The van der Waals surface area contributed by atoms with E-state index in [4.69, 9.17) is 0 Å². The molecular weight excluding hydrogens is 422 g/mol. The van der Waals surface area contributed by atoms with Crippen molar-refractivity contribution in [2.75, 3.05) is 18.4 Å². The van der Waals surface area contributed by atoms with E-state index in [2.05, 4.69) is 15.3 Å². The molecule has 1 aliphatic carbocycles. The van der Waals surface area contributed by atoms with E-state index in [1.54, 1.807) is 24.3 Å². The zero-order valence-electron chi connectivity index (χ0n) is 18.2. The van der Waals surface area contributed by atoms with Gasteiger partial charge in [0.15, 0.2) is 0 Å². The first kappa shape index (κ1) is 21.1. The largest absolute Gasteiger partial charge is 0.477 e. The lowest BCUT2D eigenvalue weighted by Crippen LogP contribution is -2.27. The lowest BCUT2D eigenvalue weighted by Gasteiger charge is -2.18. The molecular formula is C24H25N5O4. The Labute approximate surface area is 190 Å². The summed E-state index contributed by atoms with van der Waals surface area (Å²) in [6.45, 7) is 1.60. The zero-order valence-corrected chi connectivity index (χ0v) is 18.2. The van der Waals surface area contributed by atoms with Gasteiger partial charge in [0, 0.05) is 42.8 Å². The number of aromatic nitrogens is 3. The maximum absolute atomic E-state index is 12.7. The van der Waals surface area contributed by atoms with Crippen molar-refractivity contribution >= 4 is 34.5 Å². The third-order valence-electron chi connectivity index (χ3n) is 6.50. The molecule has 0 bridgehead atoms. The van der Waals surface area contributed by atoms with E-state index in [1.165, 1.54) is 12.4 Å². The number of hydrogen-bond donors (Lipinski definition) is 2. The molecule has 33 heavy (non-hydrogen) atoms. The van der Waals surface area contributed by atoms with Gasteiger partial charge in [0.2, 0.25) is 11.4 Å². The molecule has 0 radical (unpaired) electrons. The van der Waals surface area contributed by atoms with Crippen LogP contribution in [0.4, 0.5) is 11.6 Å². The van der Waals surface area contributed by atoms with Crippen LogP contribution in [-0.4, -0.2) is 49.5 Å². The molecule has 3 heterocycles. The Morgan fingerprint density at radius 2 is 1.73 bits per heavy atom. The van der Waals surface area contributed by atoms with Crippen LogP contribution in [0.2, 0.25) is 0 Å². The van der Waals surface area contributed by atoms with Gasteiger partial charge in [-0.1, -0.05) is 12.8 Å². The van der Waals surface area contributed by atoms with E-state index in [9.17, 15) is 19.5 Å². The van der Waals surface area contributed by atoms with Crippen LogP contribution in [0.15, 0.2) is 41.5 Å². The van der Waals surface area contributed by atoms with Crippen molar-refractivity contribution in [1.82, 2.24) is 19.4 Å². The third-order valence-corrected chi connectivity index (χ3v) is 6.50. The van der Waals surface area contributed by atoms with E-state index >= 15 is 0 Å². The molecule has 1 aliphatic heterocycles. The quantitative estimate of drug-likeness (QED) is 0.614. The fourth-order valence-electron chi connectivity index (χ4n) is 4.74. The summed E-state index contributed by atoms with van der Waals surface area (Å²) in [5.74, 6) is -0.912. The molecule has 9 nitrogen and oxygen atoms in total. The molecule has 2 N–H and O–H groups in total. The van der Waals surface area contributed by atoms with Gasteiger partial charge >= 0.3 is 5.97 Å². The monoisotopic (exact) mass is 447 g/mol. The molecule has 2 aromatic heterocycles. The molecule has 0 atom stereocenters. The van der Waals surface area contributed by atoms with Crippen LogP contribution in [0, 0.1) is 0 Å². The molecule has 2 aliphatic rings. The Morgan fingerprint density at radius 1 is 1.03 bits per heavy atom. The van der Waals surface area contributed by atoms with Gasteiger partial charge in [0.1, 0.15) is 11.2 Å². The minimum Gasteiger partial charge on any atom is -0.477 e. The average molecular weight is 447 g/mol. The number of benzene rings is 1. The first-order valence-electron chi connectivity index (χ1n) is 11.3. The van der Waals surface area contributed by atoms with Gasteiger partial charge in [-0.15, -0.1) is 0 Å². The SMILES string of the molecule is O=C(O)c1cn(C2CCCC2)c2nc(Nc3ccc(C(=O)N4CCCC4)cc3)ncc2c1=O. The number of anilines is 2. The number of fused-ring (bicyclic) bond motifs is 1. The van der Waals surface area contributed by atoms with Gasteiger partial charge in [-0.05, 0) is 49.9 Å². The maximum atomic E-state index is 12.7. The Balaban J connectivity index is 1.46. The van der Waals surface area contributed by atoms with Gasteiger partial charge in [0.05, 0.1) is 5.39 Å². The number of carbonyl (C=O) groups is 2. The zero-order chi connectivity index (χ0) is 22.9. The summed E-state index contributed by atoms with van der Waals surface area (Å²) in [6, 6.07) is 7.25. The minimum absolute atomic E-state index is 0.0378. The number of amides is 1. The number of hydrogen-bond acceptors (Lipinski definition) is 6. The van der Waals surface area contributed by atoms with E-state index in [-0.39, 0.29) is 22.9 Å². The number of nitrogens with zero attached hydrogens (tertiary/aromatic N) is 4. The maximum Gasteiger partial charge on any atom is 0.341 e. The summed E-state index contributed by atoms with van der Waals surface area (Å²) >= 11 is 0. The smallest absolute Gasteiger partial charge is 0.341 e. The van der Waals surface area contributed by atoms with Crippen LogP contribution in [0.25, 0.3) is 11.0 Å². The minimum atomic E-state index is -1.25. The predicted octanol–water partition coefficient (Wildman–Crippen LogP) is 3.58. The molecule has 1 saturated carbocycles. The Kier molecular flexibility index (Phi) is 5.53. The molecule has 170 valence electrons. The fourth-order valence-corrected chi connectivity index (χ4v) is 4.74. The van der Waals surface area contributed by atoms with E-state index in [0.29, 0.717) is 22.8 Å². The van der Waals surface area contributed by atoms with Gasteiger partial charge in [-0.3, -0.25) is 9.59 Å². The summed E-state index contributed by atoms with van der Waals surface area (Å²) in [7, 11) is 0. The highest BCUT2D eigenvalue weighted by Gasteiger charge is 2.23. The highest BCUT2D eigenvalue weighted by atomic mass is 16.4. The number of rotatable bonds is 5. The molecule has 1 saturated heterocycles. The second-order valence-electron chi connectivity index (χ2n) is 8.66. The molecule has 0 spiro atoms. The van der Waals surface area contributed by atoms with Crippen molar-refractivity contribution in [1.29, 1.82) is 0 Å². The Hall–Kier alpha value is -3.75. The topological polar surface area (TPSA) is 117 Å². The van der Waals surface area contributed by atoms with Crippen molar-refractivity contribution in [3.8, 4) is 0 Å². The number of carboxylic acids is 1. The summed E-state index contributed by atoms with van der Waals surface area (Å²) in [4.78, 5) is 47.5. The van der Waals surface area contributed by atoms with Crippen molar-refractivity contribution < 1.29 is 14.7 Å². The van der Waals surface area contributed by atoms with Crippen molar-refractivity contribution in [2.24, 2.45) is 0 Å². The van der Waals surface area contributed by atoms with Crippen LogP contribution in [0.5, 0.6) is 0 Å². The first-order chi connectivity index (χ1) is 16.0. The van der Waals surface area contributed by atoms with Crippen molar-refractivity contribution in [3.63, 3.8) is 0 Å². The fraction of sp³-hybridized carbons (Fsp3) is 0.375. The highest BCUT2D eigenvalue weighted by Crippen LogP contribution is 2.31. The number of likely N-dealkylation sites (tertiary alicyclic amines) is 1. The number of nitrogens with one attached hydrogen (secondary N) is 1. The van der Waals surface area contributed by atoms with Crippen LogP contribution >= 0.6 is 0 Å². The van der Waals surface area contributed by atoms with Crippen molar-refractivity contribution in [2.45, 2.75) is 44.6 Å². The number of carbonyl (C=O) groups excluding carboxylic acids is 1. The highest BCUT2D eigenvalue weighted by molar-refractivity contribution is 5.95. The summed E-state index contributed by atoms with van der Waals surface area (Å²) < 4.78 is 1.82. The summed E-state index contributed by atoms with van der Waals surface area (Å²) in [5, 5.41) is 12.8. The Morgan fingerprint density at radius 3 is 2.39 bits per heavy atom. The second-order valence-corrected chi connectivity index (χ2v) is 8.66. The lowest BCUT2D eigenvalue weighted by molar-refractivity contribution is 0.0694. The van der Waals surface area contributed by atoms with Crippen LogP contribution in [-0.2, 0) is 0 Å². The van der Waals surface area contributed by atoms with E-state index in [0.717, 1.165) is 51.6 Å². The van der Waals surface area contributed by atoms with Crippen molar-refractivity contribution in [3.05, 3.63) is 58.0 Å². The average Bonchev–Trinajstić information content (AvgIpc) is 3.54. The molecule has 3 aromatic rings. The van der Waals surface area contributed by atoms with Crippen LogP contribution < -0.4 is 10.7 Å². The number of aromatic carboxylic acids is 1. The van der Waals surface area contributed by atoms with Gasteiger partial charge in [0.25, 0.3) is 5.91 Å². The summed E-state index contributed by atoms with van der Waals surface area (Å²) in [5.41, 5.74) is 0.928. The van der Waals surface area contributed by atoms with Gasteiger partial charge < -0.3 is 19.9 Å². The van der Waals surface area contributed by atoms with E-state index < -0.39 is 11.4 Å². The van der Waals surface area contributed by atoms with E-state index in [1.807, 2.05) is 9.47 Å². The molecule has 9 heteroatoms. The third kappa shape index (κ3) is 4.06. The van der Waals surface area contributed by atoms with Crippen LogP contribution in [0.3, 0.4) is 0 Å². The molecule has 1 aromatic carbocycles. The Bertz CT molecular complexity index is 1270. The normalized spacial score (nSPS) is 16.4. The molecule has 5 rings (SSSR count). The van der Waals surface area contributed by atoms with Gasteiger partial charge in [-0.25, -0.2) is 9.78 Å².